The predicted molar refractivity (Wildman–Crippen MR) is 197 cm³/mol. The van der Waals surface area contributed by atoms with E-state index in [-0.39, 0.29) is 58.3 Å². The Kier molecular flexibility index (Phi) is 11.4. The van der Waals surface area contributed by atoms with E-state index in [1.807, 2.05) is 6.08 Å². The lowest BCUT2D eigenvalue weighted by Gasteiger charge is -2.58. The summed E-state index contributed by atoms with van der Waals surface area (Å²) in [5, 5.41) is 37.2. The number of hydrogen-bond donors (Lipinski definition) is 4. The molecule has 4 N–H and O–H groups in total. The van der Waals surface area contributed by atoms with E-state index in [1.165, 1.54) is 60.5 Å². The fourth-order valence-corrected chi connectivity index (χ4v) is 9.41. The van der Waals surface area contributed by atoms with Crippen LogP contribution in [0.25, 0.3) is 0 Å². The molecule has 0 aromatic heterocycles. The summed E-state index contributed by atoms with van der Waals surface area (Å²) < 4.78 is 5.82. The van der Waals surface area contributed by atoms with Gasteiger partial charge in [-0.25, -0.2) is 4.79 Å². The van der Waals surface area contributed by atoms with Crippen LogP contribution in [0.5, 0.6) is 5.75 Å². The van der Waals surface area contributed by atoms with Gasteiger partial charge in [0.25, 0.3) is 5.91 Å². The van der Waals surface area contributed by atoms with Crippen molar-refractivity contribution in [1.82, 2.24) is 5.32 Å². The summed E-state index contributed by atoms with van der Waals surface area (Å²) in [6.07, 6.45) is 9.03. The number of azo groups is 1. The molecule has 4 aliphatic carbocycles. The van der Waals surface area contributed by atoms with Gasteiger partial charge >= 0.3 is 17.9 Å². The van der Waals surface area contributed by atoms with E-state index in [4.69, 9.17) is 14.9 Å². The van der Waals surface area contributed by atoms with Gasteiger partial charge in [0.2, 0.25) is 0 Å². The summed E-state index contributed by atoms with van der Waals surface area (Å²) in [5.41, 5.74) is 1.88. The van der Waals surface area contributed by atoms with E-state index in [1.54, 1.807) is 6.92 Å². The molecule has 13 heteroatoms. The smallest absolute Gasteiger partial charge is 0.339 e. The van der Waals surface area contributed by atoms with Crippen LogP contribution in [0.3, 0.4) is 0 Å². The molecule has 6 atom stereocenters. The van der Waals surface area contributed by atoms with E-state index in [0.717, 1.165) is 25.7 Å². The third-order valence-corrected chi connectivity index (χ3v) is 12.1. The summed E-state index contributed by atoms with van der Waals surface area (Å²) in [6, 6.07) is 9.89. The van der Waals surface area contributed by atoms with Crippen LogP contribution in [0.4, 0.5) is 11.4 Å². The number of carboxylic acids is 2. The van der Waals surface area contributed by atoms with E-state index in [0.29, 0.717) is 41.8 Å². The highest BCUT2D eigenvalue weighted by atomic mass is 16.6. The van der Waals surface area contributed by atoms with E-state index >= 15 is 0 Å². The molecule has 0 heterocycles. The largest absolute Gasteiger partial charge is 0.507 e. The fraction of sp³-hybridized carbons (Fsp3) is 0.463. The van der Waals surface area contributed by atoms with E-state index in [9.17, 15) is 33.9 Å². The Morgan fingerprint density at radius 2 is 1.56 bits per heavy atom. The molecule has 0 unspecified atom stereocenters. The molecule has 2 aromatic carbocycles. The zero-order valence-electron chi connectivity index (χ0n) is 31.2. The molecule has 2 fully saturated rings. The minimum absolute atomic E-state index is 0.0160. The summed E-state index contributed by atoms with van der Waals surface area (Å²) in [5.74, 6) is -2.02. The number of allylic oxidation sites excluding steroid dienone is 4. The number of hydrogen-bond acceptors (Lipinski definition) is 10. The average Bonchev–Trinajstić information content (AvgIpc) is 3.41. The monoisotopic (exact) mass is 741 g/mol. The molecule has 0 radical (unpaired) electrons. The molecular weight excluding hydrogens is 694 g/mol. The number of carboxylic acid groups (broad SMARTS) is 2. The highest BCUT2D eigenvalue weighted by Crippen LogP contribution is 2.67. The second-order valence-corrected chi connectivity index (χ2v) is 15.2. The number of Topliss-reactive ketones (excluding diaryl/α,β-unsaturated/α-hetero) is 1. The highest BCUT2D eigenvalue weighted by molar-refractivity contribution is 5.95. The van der Waals surface area contributed by atoms with Gasteiger partial charge in [-0.3, -0.25) is 24.0 Å². The Balaban J connectivity index is 0.000000208. The van der Waals surface area contributed by atoms with Crippen LogP contribution in [0.15, 0.2) is 76.0 Å². The number of carbonyl (C=O) groups is 6. The topological polar surface area (TPSA) is 209 Å². The number of amides is 1. The van der Waals surface area contributed by atoms with Gasteiger partial charge in [0.05, 0.1) is 17.8 Å². The van der Waals surface area contributed by atoms with Gasteiger partial charge in [-0.15, -0.1) is 0 Å². The molecule has 286 valence electrons. The highest BCUT2D eigenvalue weighted by Gasteiger charge is 2.67. The number of rotatable bonds is 9. The van der Waals surface area contributed by atoms with Crippen LogP contribution >= 0.6 is 0 Å². The number of aliphatic carboxylic acids is 1. The molecular formula is C41H47N3O10. The number of nitrogens with one attached hydrogen (secondary N) is 1. The second-order valence-electron chi connectivity index (χ2n) is 15.2. The van der Waals surface area contributed by atoms with Crippen LogP contribution in [-0.2, 0) is 23.9 Å². The van der Waals surface area contributed by atoms with Crippen molar-refractivity contribution in [2.45, 2.75) is 85.2 Å². The standard InChI is InChI=1S/C24H32O4.C17H15N3O6/c1-14-12-18-19(22(4)9-6-17(27)13-21(14)22)7-10-23(5)20(18)8-11-24(23,15(2)25)28-16(3)26;21-14-6-5-12(9-13(14)17(25)26)20-19-11-3-1-10(2-4-11)16(24)18-8-7-15(22)23/h12-13,18-20H,6-11H2,1-5H3;1-6,9,21H,7-8H2,(H,18,24)(H,22,23)(H,25,26)/b;20-19+/t18-,19+,20+,22-,23+,24+;/m1./s1. The molecule has 54 heavy (non-hydrogen) atoms. The molecule has 6 rings (SSSR count). The van der Waals surface area contributed by atoms with Gasteiger partial charge in [-0.2, -0.15) is 10.2 Å². The van der Waals surface area contributed by atoms with Crippen LogP contribution in [0, 0.1) is 28.6 Å². The van der Waals surface area contributed by atoms with E-state index in [2.05, 4.69) is 42.4 Å². The second kappa shape index (κ2) is 15.5. The van der Waals surface area contributed by atoms with Crippen LogP contribution < -0.4 is 5.32 Å². The third-order valence-electron chi connectivity index (χ3n) is 12.1. The number of aromatic hydroxyl groups is 1. The molecule has 1 amide bonds. The molecule has 0 saturated heterocycles. The van der Waals surface area contributed by atoms with E-state index < -0.39 is 23.4 Å². The molecule has 2 saturated carbocycles. The minimum atomic E-state index is -1.28. The number of aromatic carboxylic acids is 1. The summed E-state index contributed by atoms with van der Waals surface area (Å²) in [6.45, 7) is 9.66. The Labute approximate surface area is 313 Å². The lowest BCUT2D eigenvalue weighted by atomic mass is 9.47. The van der Waals surface area contributed by atoms with Crippen LogP contribution in [-0.4, -0.2) is 62.8 Å². The zero-order valence-corrected chi connectivity index (χ0v) is 31.2. The molecule has 2 aromatic rings. The molecule has 4 aliphatic rings. The number of phenols is 1. The number of carbonyl (C=O) groups excluding carboxylic acids is 4. The lowest BCUT2D eigenvalue weighted by Crippen LogP contribution is -2.58. The van der Waals surface area contributed by atoms with Crippen molar-refractivity contribution in [1.29, 1.82) is 0 Å². The number of fused-ring (bicyclic) bond motifs is 5. The van der Waals surface area contributed by atoms with Gasteiger partial charge < -0.3 is 25.4 Å². The first kappa shape index (κ1) is 39.7. The summed E-state index contributed by atoms with van der Waals surface area (Å²) in [4.78, 5) is 69.9. The first-order valence-corrected chi connectivity index (χ1v) is 18.1. The van der Waals surface area contributed by atoms with Crippen molar-refractivity contribution >= 4 is 46.8 Å². The minimum Gasteiger partial charge on any atom is -0.507 e. The SMILES string of the molecule is CC(=O)O[C@]1(C(C)=O)CC[C@H]2[C@@H]3C=C(C)C4=CC(=O)CC[C@]4(C)[C@H]3CC[C@@]21C.O=C(O)CCNC(=O)c1ccc(/N=N/c2ccc(O)c(C(=O)O)c2)cc1. The van der Waals surface area contributed by atoms with Gasteiger partial charge in [0.15, 0.2) is 17.2 Å². The number of benzene rings is 2. The van der Waals surface area contributed by atoms with Crippen molar-refractivity contribution < 1.29 is 48.8 Å². The van der Waals surface area contributed by atoms with Gasteiger partial charge in [0.1, 0.15) is 11.3 Å². The Bertz CT molecular complexity index is 1970. The quantitative estimate of drug-likeness (QED) is 0.149. The van der Waals surface area contributed by atoms with Crippen molar-refractivity contribution in [3.05, 3.63) is 76.9 Å². The van der Waals surface area contributed by atoms with Crippen molar-refractivity contribution in [3.63, 3.8) is 0 Å². The maximum atomic E-state index is 12.8. The fourth-order valence-electron chi connectivity index (χ4n) is 9.41. The Hall–Kier alpha value is -5.46. The van der Waals surface area contributed by atoms with Gasteiger partial charge in [-0.1, -0.05) is 25.5 Å². The summed E-state index contributed by atoms with van der Waals surface area (Å²) >= 11 is 0. The normalized spacial score (nSPS) is 28.2. The zero-order chi connectivity index (χ0) is 39.6. The van der Waals surface area contributed by atoms with Gasteiger partial charge in [-0.05, 0) is 123 Å². The van der Waals surface area contributed by atoms with Crippen molar-refractivity contribution in [2.24, 2.45) is 38.8 Å². The summed E-state index contributed by atoms with van der Waals surface area (Å²) in [7, 11) is 0. The number of ketones is 2. The molecule has 13 nitrogen and oxygen atoms in total. The number of esters is 1. The lowest BCUT2D eigenvalue weighted by molar-refractivity contribution is -0.185. The first-order chi connectivity index (χ1) is 25.4. The first-order valence-electron chi connectivity index (χ1n) is 18.1. The maximum absolute atomic E-state index is 12.8. The van der Waals surface area contributed by atoms with Crippen LogP contribution in [0.2, 0.25) is 0 Å². The number of nitrogens with zero attached hydrogens (tertiary/aromatic N) is 2. The Morgan fingerprint density at radius 1 is 0.907 bits per heavy atom. The average molecular weight is 742 g/mol. The molecule has 0 bridgehead atoms. The number of ether oxygens (including phenoxy) is 1. The predicted octanol–water partition coefficient (Wildman–Crippen LogP) is 7.29. The maximum Gasteiger partial charge on any atom is 0.339 e. The van der Waals surface area contributed by atoms with Crippen molar-refractivity contribution in [3.8, 4) is 5.75 Å². The Morgan fingerprint density at radius 3 is 2.19 bits per heavy atom. The third kappa shape index (κ3) is 7.62. The van der Waals surface area contributed by atoms with Gasteiger partial charge in [0, 0.05) is 30.9 Å². The molecule has 0 spiro atoms. The molecule has 0 aliphatic heterocycles. The van der Waals surface area contributed by atoms with Crippen molar-refractivity contribution in [2.75, 3.05) is 6.54 Å². The van der Waals surface area contributed by atoms with Crippen LogP contribution in [0.1, 0.15) is 100 Å².